The Balaban J connectivity index is 2.11. The summed E-state index contributed by atoms with van der Waals surface area (Å²) in [7, 11) is 1.24. The standard InChI is InChI=1S/C15H12Cl2N4O4S/c1-25-13-6-10(21(23)24)4-8(14(13)22)7-18-20-15(26)19-12-3-2-9(16)5-11(12)17/h2-7,22H,1H3,(H2,19,20,26)/p-1/b18-7-. The summed E-state index contributed by atoms with van der Waals surface area (Å²) in [5, 5.41) is 30.5. The maximum atomic E-state index is 12.1. The van der Waals surface area contributed by atoms with Gasteiger partial charge in [-0.2, -0.15) is 5.10 Å². The van der Waals surface area contributed by atoms with Gasteiger partial charge < -0.3 is 15.2 Å². The summed E-state index contributed by atoms with van der Waals surface area (Å²) in [6.45, 7) is 0. The molecule has 0 atom stereocenters. The number of benzene rings is 2. The number of nitro benzene ring substituents is 1. The Morgan fingerprint density at radius 2 is 2.08 bits per heavy atom. The van der Waals surface area contributed by atoms with E-state index in [4.69, 9.17) is 40.2 Å². The monoisotopic (exact) mass is 413 g/mol. The Morgan fingerprint density at radius 1 is 1.35 bits per heavy atom. The van der Waals surface area contributed by atoms with Crippen molar-refractivity contribution >= 4 is 58.1 Å². The molecule has 0 spiro atoms. The zero-order chi connectivity index (χ0) is 19.3. The number of ether oxygens (including phenoxy) is 1. The molecule has 0 fully saturated rings. The van der Waals surface area contributed by atoms with Crippen LogP contribution >= 0.6 is 35.4 Å². The molecule has 0 amide bonds. The summed E-state index contributed by atoms with van der Waals surface area (Å²) in [4.78, 5) is 10.3. The van der Waals surface area contributed by atoms with Crippen LogP contribution in [0.15, 0.2) is 35.4 Å². The van der Waals surface area contributed by atoms with Gasteiger partial charge >= 0.3 is 0 Å². The molecule has 2 aromatic rings. The molecule has 0 unspecified atom stereocenters. The van der Waals surface area contributed by atoms with Crippen molar-refractivity contribution in [3.05, 3.63) is 56.1 Å². The molecule has 0 aliphatic rings. The summed E-state index contributed by atoms with van der Waals surface area (Å²) in [6, 6.07) is 6.92. The fourth-order valence-corrected chi connectivity index (χ4v) is 2.48. The van der Waals surface area contributed by atoms with Gasteiger partial charge in [0.05, 0.1) is 35.0 Å². The van der Waals surface area contributed by atoms with Crippen LogP contribution in [0, 0.1) is 10.1 Å². The van der Waals surface area contributed by atoms with Gasteiger partial charge in [0.15, 0.2) is 5.11 Å². The van der Waals surface area contributed by atoms with Crippen molar-refractivity contribution in [2.24, 2.45) is 5.10 Å². The fraction of sp³-hybridized carbons (Fsp3) is 0.0667. The minimum atomic E-state index is -0.637. The summed E-state index contributed by atoms with van der Waals surface area (Å²) < 4.78 is 4.84. The summed E-state index contributed by atoms with van der Waals surface area (Å²) >= 11 is 16.9. The van der Waals surface area contributed by atoms with Gasteiger partial charge in [0, 0.05) is 11.1 Å². The number of nitrogens with zero attached hydrogens (tertiary/aromatic N) is 2. The van der Waals surface area contributed by atoms with Crippen LogP contribution in [0.5, 0.6) is 11.5 Å². The number of nitrogens with one attached hydrogen (secondary N) is 2. The number of hydrogen-bond acceptors (Lipinski definition) is 6. The first kappa shape index (κ1) is 19.7. The number of hydrogen-bond donors (Lipinski definition) is 2. The molecular weight excluding hydrogens is 403 g/mol. The molecule has 0 saturated heterocycles. The molecule has 26 heavy (non-hydrogen) atoms. The average molecular weight is 414 g/mol. The van der Waals surface area contributed by atoms with Gasteiger partial charge in [-0.05, 0) is 36.0 Å². The van der Waals surface area contributed by atoms with Gasteiger partial charge in [-0.15, -0.1) is 0 Å². The van der Waals surface area contributed by atoms with E-state index in [0.29, 0.717) is 15.7 Å². The van der Waals surface area contributed by atoms with Crippen molar-refractivity contribution in [2.45, 2.75) is 0 Å². The van der Waals surface area contributed by atoms with E-state index < -0.39 is 10.7 Å². The predicted molar refractivity (Wildman–Crippen MR) is 103 cm³/mol. The molecule has 136 valence electrons. The molecule has 2 aromatic carbocycles. The van der Waals surface area contributed by atoms with Crippen molar-refractivity contribution in [2.75, 3.05) is 12.4 Å². The topological polar surface area (TPSA) is 112 Å². The van der Waals surface area contributed by atoms with Crippen molar-refractivity contribution in [3.8, 4) is 11.5 Å². The van der Waals surface area contributed by atoms with Crippen molar-refractivity contribution < 1.29 is 14.8 Å². The summed E-state index contributed by atoms with van der Waals surface area (Å²) in [6.07, 6.45) is 1.11. The van der Waals surface area contributed by atoms with E-state index in [1.54, 1.807) is 12.1 Å². The highest BCUT2D eigenvalue weighted by atomic mass is 35.5. The minimum absolute atomic E-state index is 0.0316. The van der Waals surface area contributed by atoms with E-state index in [0.717, 1.165) is 18.3 Å². The van der Waals surface area contributed by atoms with Crippen LogP contribution in [0.1, 0.15) is 5.56 Å². The van der Waals surface area contributed by atoms with Gasteiger partial charge in [0.25, 0.3) is 5.69 Å². The second-order valence-corrected chi connectivity index (χ2v) is 6.02. The molecule has 0 heterocycles. The fourth-order valence-electron chi connectivity index (χ4n) is 1.86. The van der Waals surface area contributed by atoms with Crippen LogP contribution in [0.4, 0.5) is 11.4 Å². The molecule has 0 aromatic heterocycles. The third-order valence-corrected chi connectivity index (χ3v) is 3.79. The molecule has 0 radical (unpaired) electrons. The number of hydrazone groups is 1. The SMILES string of the molecule is COc1cc([N+](=O)[O-])cc(/C=N\NC(=S)Nc2ccc(Cl)cc2Cl)c1[O-]. The highest BCUT2D eigenvalue weighted by Crippen LogP contribution is 2.31. The molecule has 0 aliphatic carbocycles. The number of halogens is 2. The quantitative estimate of drug-likeness (QED) is 0.334. The van der Waals surface area contributed by atoms with Crippen molar-refractivity contribution in [3.63, 3.8) is 0 Å². The Hall–Kier alpha value is -2.62. The first-order valence-corrected chi connectivity index (χ1v) is 8.06. The largest absolute Gasteiger partial charge is 0.870 e. The van der Waals surface area contributed by atoms with E-state index in [-0.39, 0.29) is 22.1 Å². The third-order valence-electron chi connectivity index (χ3n) is 3.05. The Labute approximate surface area is 163 Å². The lowest BCUT2D eigenvalue weighted by atomic mass is 10.2. The zero-order valence-corrected chi connectivity index (χ0v) is 15.5. The number of rotatable bonds is 5. The van der Waals surface area contributed by atoms with E-state index in [1.165, 1.54) is 13.2 Å². The Kier molecular flexibility index (Phi) is 6.56. The van der Waals surface area contributed by atoms with Crippen LogP contribution in [0.25, 0.3) is 0 Å². The maximum absolute atomic E-state index is 12.1. The number of methoxy groups -OCH3 is 1. The van der Waals surface area contributed by atoms with E-state index in [2.05, 4.69) is 15.8 Å². The lowest BCUT2D eigenvalue weighted by Gasteiger charge is -2.15. The molecule has 2 N–H and O–H groups in total. The predicted octanol–water partition coefficient (Wildman–Crippen LogP) is 3.30. The Bertz CT molecular complexity index is 892. The summed E-state index contributed by atoms with van der Waals surface area (Å²) in [5.74, 6) is -0.697. The summed E-state index contributed by atoms with van der Waals surface area (Å²) in [5.41, 5.74) is 2.66. The van der Waals surface area contributed by atoms with Crippen LogP contribution < -0.4 is 20.6 Å². The van der Waals surface area contributed by atoms with Crippen LogP contribution in [0.2, 0.25) is 10.0 Å². The van der Waals surface area contributed by atoms with E-state index >= 15 is 0 Å². The maximum Gasteiger partial charge on any atom is 0.273 e. The van der Waals surface area contributed by atoms with Gasteiger partial charge in [-0.1, -0.05) is 29.0 Å². The van der Waals surface area contributed by atoms with Crippen molar-refractivity contribution in [1.29, 1.82) is 0 Å². The highest BCUT2D eigenvalue weighted by molar-refractivity contribution is 7.80. The number of anilines is 1. The molecule has 8 nitrogen and oxygen atoms in total. The molecule has 0 aliphatic heterocycles. The van der Waals surface area contributed by atoms with Gasteiger partial charge in [0.2, 0.25) is 0 Å². The first-order chi connectivity index (χ1) is 12.3. The van der Waals surface area contributed by atoms with Gasteiger partial charge in [-0.3, -0.25) is 15.5 Å². The molecule has 2 rings (SSSR count). The zero-order valence-electron chi connectivity index (χ0n) is 13.2. The van der Waals surface area contributed by atoms with Gasteiger partial charge in [-0.25, -0.2) is 0 Å². The number of thiocarbonyl (C=S) groups is 1. The lowest BCUT2D eigenvalue weighted by Crippen LogP contribution is -2.24. The van der Waals surface area contributed by atoms with Crippen LogP contribution in [0.3, 0.4) is 0 Å². The average Bonchev–Trinajstić information content (AvgIpc) is 2.58. The lowest BCUT2D eigenvalue weighted by molar-refractivity contribution is -0.385. The number of nitro groups is 1. The molecule has 0 saturated carbocycles. The molecular formula is C15H11Cl2N4O4S-. The molecule has 0 bridgehead atoms. The second kappa shape index (κ2) is 8.65. The smallest absolute Gasteiger partial charge is 0.273 e. The second-order valence-electron chi connectivity index (χ2n) is 4.77. The first-order valence-electron chi connectivity index (χ1n) is 6.90. The van der Waals surface area contributed by atoms with E-state index in [9.17, 15) is 15.2 Å². The normalized spacial score (nSPS) is 10.6. The molecule has 11 heteroatoms. The van der Waals surface area contributed by atoms with Crippen LogP contribution in [-0.4, -0.2) is 23.4 Å². The van der Waals surface area contributed by atoms with Gasteiger partial charge in [0.1, 0.15) is 5.75 Å². The van der Waals surface area contributed by atoms with Crippen LogP contribution in [-0.2, 0) is 0 Å². The third kappa shape index (κ3) is 4.94. The van der Waals surface area contributed by atoms with Crippen molar-refractivity contribution in [1.82, 2.24) is 5.43 Å². The Morgan fingerprint density at radius 3 is 2.69 bits per heavy atom. The van der Waals surface area contributed by atoms with E-state index in [1.807, 2.05) is 0 Å². The number of non-ortho nitro benzene ring substituents is 1. The highest BCUT2D eigenvalue weighted by Gasteiger charge is 2.11. The minimum Gasteiger partial charge on any atom is -0.870 e.